The van der Waals surface area contributed by atoms with Crippen molar-refractivity contribution in [1.29, 1.82) is 0 Å². The molecule has 0 N–H and O–H groups in total. The van der Waals surface area contributed by atoms with E-state index in [0.29, 0.717) is 0 Å². The topological polar surface area (TPSA) is 0 Å². The van der Waals surface area contributed by atoms with Crippen molar-refractivity contribution in [3.8, 4) is 0 Å². The molecule has 0 aromatic heterocycles. The zero-order valence-electron chi connectivity index (χ0n) is 9.60. The maximum Gasteiger partial charge on any atom is -0.0206 e. The molecule has 0 spiro atoms. The summed E-state index contributed by atoms with van der Waals surface area (Å²) in [6, 6.07) is 0. The SMILES string of the molecule is C=C(C)C1CCC2CCCCCC2C1. The Hall–Kier alpha value is -0.260. The van der Waals surface area contributed by atoms with Gasteiger partial charge in [-0.1, -0.05) is 44.3 Å². The quantitative estimate of drug-likeness (QED) is 0.534. The summed E-state index contributed by atoms with van der Waals surface area (Å²) in [6.45, 7) is 6.36. The Labute approximate surface area is 88.8 Å². The van der Waals surface area contributed by atoms with E-state index in [9.17, 15) is 0 Å². The summed E-state index contributed by atoms with van der Waals surface area (Å²) in [7, 11) is 0. The Bertz CT molecular complexity index is 204. The summed E-state index contributed by atoms with van der Waals surface area (Å²) in [4.78, 5) is 0. The van der Waals surface area contributed by atoms with E-state index in [1.54, 1.807) is 0 Å². The predicted octanol–water partition coefficient (Wildman–Crippen LogP) is 4.56. The zero-order chi connectivity index (χ0) is 9.97. The first-order chi connectivity index (χ1) is 6.77. The van der Waals surface area contributed by atoms with Crippen LogP contribution in [0, 0.1) is 17.8 Å². The van der Waals surface area contributed by atoms with Gasteiger partial charge in [-0.2, -0.15) is 0 Å². The van der Waals surface area contributed by atoms with Crippen LogP contribution in [0.1, 0.15) is 58.3 Å². The molecule has 0 saturated heterocycles. The zero-order valence-corrected chi connectivity index (χ0v) is 9.60. The fourth-order valence-electron chi connectivity index (χ4n) is 3.50. The molecule has 0 amide bonds. The summed E-state index contributed by atoms with van der Waals surface area (Å²) in [5, 5.41) is 0. The largest absolute Gasteiger partial charge is 0.0999 e. The smallest absolute Gasteiger partial charge is 0.0206 e. The van der Waals surface area contributed by atoms with Crippen LogP contribution >= 0.6 is 0 Å². The molecule has 2 aliphatic rings. The lowest BCUT2D eigenvalue weighted by molar-refractivity contribution is 0.187. The molecule has 2 saturated carbocycles. The Morgan fingerprint density at radius 3 is 2.36 bits per heavy atom. The molecule has 0 nitrogen and oxygen atoms in total. The molecule has 80 valence electrons. The Morgan fingerprint density at radius 2 is 1.64 bits per heavy atom. The monoisotopic (exact) mass is 192 g/mol. The van der Waals surface area contributed by atoms with Gasteiger partial charge in [0.2, 0.25) is 0 Å². The van der Waals surface area contributed by atoms with Gasteiger partial charge in [0.05, 0.1) is 0 Å². The third kappa shape index (κ3) is 2.21. The van der Waals surface area contributed by atoms with Crippen molar-refractivity contribution in [3.05, 3.63) is 12.2 Å². The van der Waals surface area contributed by atoms with Gasteiger partial charge in [0.25, 0.3) is 0 Å². The second-order valence-corrected chi connectivity index (χ2v) is 5.51. The molecule has 0 bridgehead atoms. The molecule has 0 aromatic carbocycles. The number of fused-ring (bicyclic) bond motifs is 1. The van der Waals surface area contributed by atoms with Crippen molar-refractivity contribution >= 4 is 0 Å². The van der Waals surface area contributed by atoms with Gasteiger partial charge in [-0.25, -0.2) is 0 Å². The van der Waals surface area contributed by atoms with E-state index in [1.807, 2.05) is 0 Å². The highest BCUT2D eigenvalue weighted by Gasteiger charge is 2.31. The molecular weight excluding hydrogens is 168 g/mol. The third-order valence-electron chi connectivity index (χ3n) is 4.49. The van der Waals surface area contributed by atoms with Crippen LogP contribution in [0.3, 0.4) is 0 Å². The van der Waals surface area contributed by atoms with Crippen LogP contribution in [-0.2, 0) is 0 Å². The minimum absolute atomic E-state index is 0.856. The highest BCUT2D eigenvalue weighted by Crippen LogP contribution is 2.43. The lowest BCUT2D eigenvalue weighted by Gasteiger charge is -2.35. The van der Waals surface area contributed by atoms with E-state index >= 15 is 0 Å². The first kappa shape index (κ1) is 10.3. The van der Waals surface area contributed by atoms with Crippen molar-refractivity contribution < 1.29 is 0 Å². The molecule has 0 radical (unpaired) electrons. The van der Waals surface area contributed by atoms with Gasteiger partial charge < -0.3 is 0 Å². The van der Waals surface area contributed by atoms with Crippen LogP contribution in [-0.4, -0.2) is 0 Å². The third-order valence-corrected chi connectivity index (χ3v) is 4.49. The highest BCUT2D eigenvalue weighted by molar-refractivity contribution is 4.99. The Kier molecular flexibility index (Phi) is 3.30. The van der Waals surface area contributed by atoms with Crippen LogP contribution in [0.5, 0.6) is 0 Å². The molecule has 0 heterocycles. The van der Waals surface area contributed by atoms with Crippen LogP contribution in [0.15, 0.2) is 12.2 Å². The average Bonchev–Trinajstić information content (AvgIpc) is 2.41. The second-order valence-electron chi connectivity index (χ2n) is 5.51. The summed E-state index contributed by atoms with van der Waals surface area (Å²) < 4.78 is 0. The van der Waals surface area contributed by atoms with E-state index in [2.05, 4.69) is 13.5 Å². The number of rotatable bonds is 1. The van der Waals surface area contributed by atoms with Gasteiger partial charge in [-0.15, -0.1) is 0 Å². The van der Waals surface area contributed by atoms with Crippen LogP contribution in [0.25, 0.3) is 0 Å². The van der Waals surface area contributed by atoms with E-state index in [1.165, 1.54) is 56.9 Å². The minimum Gasteiger partial charge on any atom is -0.0999 e. The first-order valence-corrected chi connectivity index (χ1v) is 6.43. The highest BCUT2D eigenvalue weighted by atomic mass is 14.4. The molecule has 2 aliphatic carbocycles. The maximum absolute atomic E-state index is 4.14. The first-order valence-electron chi connectivity index (χ1n) is 6.43. The number of hydrogen-bond acceptors (Lipinski definition) is 0. The summed E-state index contributed by atoms with van der Waals surface area (Å²) in [5.41, 5.74) is 1.44. The summed E-state index contributed by atoms with van der Waals surface area (Å²) in [5.74, 6) is 2.98. The molecule has 3 atom stereocenters. The van der Waals surface area contributed by atoms with Crippen molar-refractivity contribution in [2.75, 3.05) is 0 Å². The molecule has 3 unspecified atom stereocenters. The average molecular weight is 192 g/mol. The predicted molar refractivity (Wildman–Crippen MR) is 62.2 cm³/mol. The molecule has 0 aromatic rings. The van der Waals surface area contributed by atoms with Gasteiger partial charge in [0, 0.05) is 0 Å². The van der Waals surface area contributed by atoms with Crippen molar-refractivity contribution in [3.63, 3.8) is 0 Å². The van der Waals surface area contributed by atoms with Crippen molar-refractivity contribution in [2.45, 2.75) is 58.3 Å². The second kappa shape index (κ2) is 4.51. The van der Waals surface area contributed by atoms with Gasteiger partial charge in [-0.3, -0.25) is 0 Å². The normalized spacial score (nSPS) is 38.5. The molecular formula is C14H24. The fourth-order valence-corrected chi connectivity index (χ4v) is 3.50. The Balaban J connectivity index is 1.96. The fraction of sp³-hybridized carbons (Fsp3) is 0.857. The number of allylic oxidation sites excluding steroid dienone is 1. The van der Waals surface area contributed by atoms with Crippen LogP contribution in [0.4, 0.5) is 0 Å². The van der Waals surface area contributed by atoms with E-state index in [0.717, 1.165) is 17.8 Å². The lowest BCUT2D eigenvalue weighted by atomic mass is 9.70. The van der Waals surface area contributed by atoms with Gasteiger partial charge in [0.15, 0.2) is 0 Å². The van der Waals surface area contributed by atoms with Gasteiger partial charge >= 0.3 is 0 Å². The Morgan fingerprint density at radius 1 is 0.929 bits per heavy atom. The van der Waals surface area contributed by atoms with Crippen molar-refractivity contribution in [2.24, 2.45) is 17.8 Å². The van der Waals surface area contributed by atoms with E-state index in [-0.39, 0.29) is 0 Å². The van der Waals surface area contributed by atoms with Crippen LogP contribution in [0.2, 0.25) is 0 Å². The van der Waals surface area contributed by atoms with Gasteiger partial charge in [-0.05, 0) is 43.9 Å². The van der Waals surface area contributed by atoms with E-state index < -0.39 is 0 Å². The van der Waals surface area contributed by atoms with Crippen LogP contribution < -0.4 is 0 Å². The number of hydrogen-bond donors (Lipinski definition) is 0. The molecule has 2 fully saturated rings. The summed E-state index contributed by atoms with van der Waals surface area (Å²) >= 11 is 0. The molecule has 14 heavy (non-hydrogen) atoms. The maximum atomic E-state index is 4.14. The molecule has 2 rings (SSSR count). The molecule has 0 aliphatic heterocycles. The summed E-state index contributed by atoms with van der Waals surface area (Å²) in [6.07, 6.45) is 11.9. The minimum atomic E-state index is 0.856. The standard InChI is InChI=1S/C14H24/c1-11(2)13-9-8-12-6-4-3-5-7-14(12)10-13/h12-14H,1,3-10H2,2H3. The van der Waals surface area contributed by atoms with E-state index in [4.69, 9.17) is 0 Å². The molecule has 0 heteroatoms. The van der Waals surface area contributed by atoms with Crippen molar-refractivity contribution in [1.82, 2.24) is 0 Å². The van der Waals surface area contributed by atoms with Gasteiger partial charge in [0.1, 0.15) is 0 Å². The lowest BCUT2D eigenvalue weighted by Crippen LogP contribution is -2.24.